The summed E-state index contributed by atoms with van der Waals surface area (Å²) >= 11 is 0. The molecule has 0 unspecified atom stereocenters. The molecule has 0 saturated heterocycles. The number of rotatable bonds is 5. The number of carbonyl (C=O) groups excluding carboxylic acids is 2. The number of phenolic OH excluding ortho intramolecular Hbond substituents is 3. The van der Waals surface area contributed by atoms with Crippen LogP contribution in [0.15, 0.2) is 36.4 Å². The van der Waals surface area contributed by atoms with E-state index in [0.717, 1.165) is 6.07 Å². The fraction of sp³-hybridized carbons (Fsp3) is 0.176. The number of carbonyl (C=O) groups is 2. The quantitative estimate of drug-likeness (QED) is 0.445. The Balaban J connectivity index is 2.05. The number of ketones is 1. The monoisotopic (exact) mass is 316 g/mol. The summed E-state index contributed by atoms with van der Waals surface area (Å²) in [6.45, 7) is 1.26. The predicted octanol–water partition coefficient (Wildman–Crippen LogP) is 2.54. The maximum absolute atomic E-state index is 12.1. The third-order valence-corrected chi connectivity index (χ3v) is 3.22. The highest BCUT2D eigenvalue weighted by atomic mass is 16.5. The van der Waals surface area contributed by atoms with Gasteiger partial charge in [0.15, 0.2) is 5.78 Å². The van der Waals surface area contributed by atoms with Gasteiger partial charge in [0, 0.05) is 25.5 Å². The number of hydrogen-bond donors (Lipinski definition) is 3. The van der Waals surface area contributed by atoms with Crippen LogP contribution in [-0.4, -0.2) is 27.1 Å². The Labute approximate surface area is 132 Å². The number of phenols is 3. The van der Waals surface area contributed by atoms with Crippen molar-refractivity contribution in [3.63, 3.8) is 0 Å². The van der Waals surface area contributed by atoms with Gasteiger partial charge in [-0.25, -0.2) is 0 Å². The summed E-state index contributed by atoms with van der Waals surface area (Å²) in [5.41, 5.74) is 0.631. The second kappa shape index (κ2) is 6.83. The van der Waals surface area contributed by atoms with Crippen molar-refractivity contribution in [1.82, 2.24) is 0 Å². The van der Waals surface area contributed by atoms with Crippen LogP contribution in [0, 0.1) is 0 Å². The maximum Gasteiger partial charge on any atom is 0.308 e. The molecule has 6 nitrogen and oxygen atoms in total. The molecule has 0 fully saturated rings. The van der Waals surface area contributed by atoms with Crippen LogP contribution in [0.1, 0.15) is 29.3 Å². The van der Waals surface area contributed by atoms with Gasteiger partial charge < -0.3 is 20.1 Å². The number of aryl methyl sites for hydroxylation is 1. The first-order chi connectivity index (χ1) is 10.9. The Bertz CT molecular complexity index is 751. The minimum Gasteiger partial charge on any atom is -0.508 e. The van der Waals surface area contributed by atoms with Gasteiger partial charge in [-0.15, -0.1) is 0 Å². The average Bonchev–Trinajstić information content (AvgIpc) is 2.45. The van der Waals surface area contributed by atoms with E-state index in [4.69, 9.17) is 4.74 Å². The second-order valence-corrected chi connectivity index (χ2v) is 5.01. The molecule has 0 aliphatic rings. The lowest BCUT2D eigenvalue weighted by atomic mass is 10.0. The molecule has 0 heterocycles. The zero-order valence-electron chi connectivity index (χ0n) is 12.4. The summed E-state index contributed by atoms with van der Waals surface area (Å²) in [6, 6.07) is 8.16. The minimum atomic E-state index is -0.491. The van der Waals surface area contributed by atoms with Gasteiger partial charge in [-0.05, 0) is 30.2 Å². The molecule has 0 radical (unpaired) electrons. The van der Waals surface area contributed by atoms with Crippen molar-refractivity contribution in [2.45, 2.75) is 19.8 Å². The molecular formula is C17H16O6. The predicted molar refractivity (Wildman–Crippen MR) is 81.8 cm³/mol. The number of Topliss-reactive ketones (excluding diaryl/α,β-unsaturated/α-hetero) is 1. The molecule has 0 atom stereocenters. The standard InChI is InChI=1S/C17H16O6/c1-10(18)23-13-5-2-11(16(21)9-13)3-7-15(20)14-6-4-12(19)8-17(14)22/h2,4-6,8-9,19,21-22H,3,7H2,1H3. The van der Waals surface area contributed by atoms with Crippen LogP contribution in [0.4, 0.5) is 0 Å². The molecule has 0 spiro atoms. The van der Waals surface area contributed by atoms with E-state index in [1.807, 2.05) is 0 Å². The highest BCUT2D eigenvalue weighted by Crippen LogP contribution is 2.27. The summed E-state index contributed by atoms with van der Waals surface area (Å²) in [7, 11) is 0. The molecule has 3 N–H and O–H groups in total. The van der Waals surface area contributed by atoms with Gasteiger partial charge in [0.1, 0.15) is 23.0 Å². The fourth-order valence-electron chi connectivity index (χ4n) is 2.12. The number of benzene rings is 2. The van der Waals surface area contributed by atoms with Crippen molar-refractivity contribution in [1.29, 1.82) is 0 Å². The van der Waals surface area contributed by atoms with E-state index in [-0.39, 0.29) is 47.2 Å². The highest BCUT2D eigenvalue weighted by Gasteiger charge is 2.13. The van der Waals surface area contributed by atoms with Crippen molar-refractivity contribution < 1.29 is 29.6 Å². The van der Waals surface area contributed by atoms with Gasteiger partial charge in [-0.1, -0.05) is 6.07 Å². The molecular weight excluding hydrogens is 300 g/mol. The smallest absolute Gasteiger partial charge is 0.308 e. The number of aromatic hydroxyl groups is 3. The van der Waals surface area contributed by atoms with Crippen molar-refractivity contribution >= 4 is 11.8 Å². The van der Waals surface area contributed by atoms with Crippen molar-refractivity contribution in [3.05, 3.63) is 47.5 Å². The van der Waals surface area contributed by atoms with Gasteiger partial charge >= 0.3 is 5.97 Å². The van der Waals surface area contributed by atoms with Gasteiger partial charge in [-0.3, -0.25) is 9.59 Å². The topological polar surface area (TPSA) is 104 Å². The molecule has 2 rings (SSSR count). The first-order valence-electron chi connectivity index (χ1n) is 6.92. The number of hydrogen-bond acceptors (Lipinski definition) is 6. The molecule has 2 aromatic rings. The first-order valence-corrected chi connectivity index (χ1v) is 6.92. The lowest BCUT2D eigenvalue weighted by Crippen LogP contribution is -2.03. The van der Waals surface area contributed by atoms with E-state index in [1.54, 1.807) is 6.07 Å². The van der Waals surface area contributed by atoms with Crippen LogP contribution in [0.3, 0.4) is 0 Å². The van der Waals surface area contributed by atoms with Crippen molar-refractivity contribution in [3.8, 4) is 23.0 Å². The molecule has 0 bridgehead atoms. The van der Waals surface area contributed by atoms with Gasteiger partial charge in [0.2, 0.25) is 0 Å². The van der Waals surface area contributed by atoms with Gasteiger partial charge in [-0.2, -0.15) is 0 Å². The van der Waals surface area contributed by atoms with Crippen LogP contribution < -0.4 is 4.74 Å². The summed E-state index contributed by atoms with van der Waals surface area (Å²) in [6.07, 6.45) is 0.324. The van der Waals surface area contributed by atoms with E-state index >= 15 is 0 Å². The summed E-state index contributed by atoms with van der Waals surface area (Å²) in [5.74, 6) is -1.07. The first kappa shape index (κ1) is 16.4. The van der Waals surface area contributed by atoms with Crippen molar-refractivity contribution in [2.75, 3.05) is 0 Å². The zero-order chi connectivity index (χ0) is 17.0. The minimum absolute atomic E-state index is 0.0683. The van der Waals surface area contributed by atoms with E-state index in [1.165, 1.54) is 31.2 Å². The third-order valence-electron chi connectivity index (χ3n) is 3.22. The molecule has 0 saturated carbocycles. The van der Waals surface area contributed by atoms with Crippen LogP contribution in [-0.2, 0) is 11.2 Å². The van der Waals surface area contributed by atoms with E-state index in [9.17, 15) is 24.9 Å². The highest BCUT2D eigenvalue weighted by molar-refractivity contribution is 5.98. The zero-order valence-corrected chi connectivity index (χ0v) is 12.4. The third kappa shape index (κ3) is 4.23. The molecule has 0 amide bonds. The van der Waals surface area contributed by atoms with E-state index in [0.29, 0.717) is 5.56 Å². The molecule has 23 heavy (non-hydrogen) atoms. The maximum atomic E-state index is 12.1. The second-order valence-electron chi connectivity index (χ2n) is 5.01. The molecule has 120 valence electrons. The normalized spacial score (nSPS) is 10.3. The Hall–Kier alpha value is -3.02. The summed E-state index contributed by atoms with van der Waals surface area (Å²) in [4.78, 5) is 22.9. The molecule has 0 aliphatic heterocycles. The fourth-order valence-corrected chi connectivity index (χ4v) is 2.12. The van der Waals surface area contributed by atoms with Crippen LogP contribution in [0.5, 0.6) is 23.0 Å². The van der Waals surface area contributed by atoms with Crippen LogP contribution in [0.2, 0.25) is 0 Å². The Kier molecular flexibility index (Phi) is 4.85. The summed E-state index contributed by atoms with van der Waals surface area (Å²) < 4.78 is 4.85. The van der Waals surface area contributed by atoms with E-state index in [2.05, 4.69) is 0 Å². The molecule has 6 heteroatoms. The average molecular weight is 316 g/mol. The lowest BCUT2D eigenvalue weighted by Gasteiger charge is -2.08. The van der Waals surface area contributed by atoms with E-state index < -0.39 is 5.97 Å². The van der Waals surface area contributed by atoms with Crippen LogP contribution >= 0.6 is 0 Å². The Morgan fingerprint density at radius 2 is 1.74 bits per heavy atom. The van der Waals surface area contributed by atoms with Crippen molar-refractivity contribution in [2.24, 2.45) is 0 Å². The molecule has 2 aromatic carbocycles. The molecule has 0 aromatic heterocycles. The largest absolute Gasteiger partial charge is 0.508 e. The SMILES string of the molecule is CC(=O)Oc1ccc(CCC(=O)c2ccc(O)cc2O)c(O)c1. The Morgan fingerprint density at radius 3 is 2.35 bits per heavy atom. The Morgan fingerprint density at radius 1 is 1.00 bits per heavy atom. The number of esters is 1. The summed E-state index contributed by atoms with van der Waals surface area (Å²) in [5, 5.41) is 28.8. The van der Waals surface area contributed by atoms with Gasteiger partial charge in [0.05, 0.1) is 5.56 Å². The van der Waals surface area contributed by atoms with Crippen LogP contribution in [0.25, 0.3) is 0 Å². The lowest BCUT2D eigenvalue weighted by molar-refractivity contribution is -0.131. The number of ether oxygens (including phenoxy) is 1. The molecule has 0 aliphatic carbocycles. The van der Waals surface area contributed by atoms with Gasteiger partial charge in [0.25, 0.3) is 0 Å².